The molecule has 1 aromatic carbocycles. The Morgan fingerprint density at radius 2 is 2.24 bits per heavy atom. The molecule has 1 aromatic heterocycles. The van der Waals surface area contributed by atoms with E-state index < -0.39 is 0 Å². The van der Waals surface area contributed by atoms with Gasteiger partial charge in [0.15, 0.2) is 0 Å². The highest BCUT2D eigenvalue weighted by atomic mass is 79.9. The Balaban J connectivity index is 2.00. The van der Waals surface area contributed by atoms with Gasteiger partial charge in [0.25, 0.3) is 0 Å². The molecule has 0 fully saturated rings. The van der Waals surface area contributed by atoms with E-state index in [4.69, 9.17) is 0 Å². The third-order valence-electron chi connectivity index (χ3n) is 3.14. The second-order valence-electron chi connectivity index (χ2n) is 4.56. The molecule has 2 heterocycles. The standard InChI is InChI=1S/C14H14BrNS/c1-9-5-11-7-13(17-14(11)8-16-9)10-3-2-4-12(15)6-10/h2-4,6-7,9,16H,5,8H2,1H3. The maximum atomic E-state index is 3.53. The topological polar surface area (TPSA) is 12.0 Å². The summed E-state index contributed by atoms with van der Waals surface area (Å²) in [5.41, 5.74) is 2.84. The molecule has 0 saturated heterocycles. The van der Waals surface area contributed by atoms with E-state index in [2.05, 4.69) is 58.5 Å². The van der Waals surface area contributed by atoms with Crippen LogP contribution in [0.1, 0.15) is 17.4 Å². The average molecular weight is 308 g/mol. The first-order valence-electron chi connectivity index (χ1n) is 5.83. The molecule has 0 aliphatic carbocycles. The van der Waals surface area contributed by atoms with Gasteiger partial charge in [-0.1, -0.05) is 28.1 Å². The second kappa shape index (κ2) is 4.56. The molecule has 2 aromatic rings. The van der Waals surface area contributed by atoms with Crippen LogP contribution in [0, 0.1) is 0 Å². The zero-order chi connectivity index (χ0) is 11.8. The summed E-state index contributed by atoms with van der Waals surface area (Å²) >= 11 is 5.45. The zero-order valence-electron chi connectivity index (χ0n) is 9.66. The molecule has 0 bridgehead atoms. The van der Waals surface area contributed by atoms with E-state index in [1.54, 1.807) is 0 Å². The third kappa shape index (κ3) is 2.32. The van der Waals surface area contributed by atoms with Gasteiger partial charge in [0.1, 0.15) is 0 Å². The minimum atomic E-state index is 0.604. The van der Waals surface area contributed by atoms with Gasteiger partial charge in [0.05, 0.1) is 0 Å². The van der Waals surface area contributed by atoms with E-state index in [0.717, 1.165) is 17.4 Å². The molecule has 1 N–H and O–H groups in total. The summed E-state index contributed by atoms with van der Waals surface area (Å²) < 4.78 is 1.15. The summed E-state index contributed by atoms with van der Waals surface area (Å²) in [5.74, 6) is 0. The molecule has 1 nitrogen and oxygen atoms in total. The van der Waals surface area contributed by atoms with Crippen LogP contribution in [0.15, 0.2) is 34.8 Å². The van der Waals surface area contributed by atoms with Gasteiger partial charge in [0.2, 0.25) is 0 Å². The quantitative estimate of drug-likeness (QED) is 0.832. The Labute approximate surface area is 114 Å². The first-order valence-corrected chi connectivity index (χ1v) is 7.44. The number of fused-ring (bicyclic) bond motifs is 1. The number of rotatable bonds is 1. The fourth-order valence-electron chi connectivity index (χ4n) is 2.24. The van der Waals surface area contributed by atoms with Crippen molar-refractivity contribution < 1.29 is 0 Å². The first kappa shape index (κ1) is 11.5. The molecule has 0 spiro atoms. The van der Waals surface area contributed by atoms with E-state index in [9.17, 15) is 0 Å². The van der Waals surface area contributed by atoms with Crippen molar-refractivity contribution in [2.45, 2.75) is 25.9 Å². The molecular weight excluding hydrogens is 294 g/mol. The lowest BCUT2D eigenvalue weighted by Crippen LogP contribution is -2.31. The Hall–Kier alpha value is -0.640. The first-order chi connectivity index (χ1) is 8.22. The molecule has 1 aliphatic heterocycles. The van der Waals surface area contributed by atoms with Crippen LogP contribution < -0.4 is 5.32 Å². The summed E-state index contributed by atoms with van der Waals surface area (Å²) in [5, 5.41) is 3.52. The van der Waals surface area contributed by atoms with Gasteiger partial charge >= 0.3 is 0 Å². The van der Waals surface area contributed by atoms with Crippen LogP contribution in [-0.4, -0.2) is 6.04 Å². The second-order valence-corrected chi connectivity index (χ2v) is 6.61. The number of nitrogens with one attached hydrogen (secondary N) is 1. The van der Waals surface area contributed by atoms with Crippen molar-refractivity contribution in [2.75, 3.05) is 0 Å². The summed E-state index contributed by atoms with van der Waals surface area (Å²) in [6.45, 7) is 3.27. The van der Waals surface area contributed by atoms with Crippen LogP contribution >= 0.6 is 27.3 Å². The highest BCUT2D eigenvalue weighted by molar-refractivity contribution is 9.10. The van der Waals surface area contributed by atoms with Gasteiger partial charge in [-0.15, -0.1) is 11.3 Å². The van der Waals surface area contributed by atoms with Crippen LogP contribution in [-0.2, 0) is 13.0 Å². The SMILES string of the molecule is CC1Cc2cc(-c3cccc(Br)c3)sc2CN1. The monoisotopic (exact) mass is 307 g/mol. The molecule has 17 heavy (non-hydrogen) atoms. The number of benzene rings is 1. The van der Waals surface area contributed by atoms with Gasteiger partial charge in [-0.2, -0.15) is 0 Å². The van der Waals surface area contributed by atoms with Crippen LogP contribution in [0.5, 0.6) is 0 Å². The van der Waals surface area contributed by atoms with E-state index in [1.807, 2.05) is 11.3 Å². The smallest absolute Gasteiger partial charge is 0.0349 e. The molecule has 3 heteroatoms. The van der Waals surface area contributed by atoms with Gasteiger partial charge in [-0.25, -0.2) is 0 Å². The van der Waals surface area contributed by atoms with Crippen LogP contribution in [0.4, 0.5) is 0 Å². The van der Waals surface area contributed by atoms with Crippen LogP contribution in [0.25, 0.3) is 10.4 Å². The van der Waals surface area contributed by atoms with Gasteiger partial charge in [-0.05, 0) is 42.7 Å². The summed E-state index contributed by atoms with van der Waals surface area (Å²) in [6, 6.07) is 11.5. The van der Waals surface area contributed by atoms with Gasteiger partial charge in [0, 0.05) is 26.8 Å². The molecule has 3 rings (SSSR count). The van der Waals surface area contributed by atoms with Crippen molar-refractivity contribution in [3.63, 3.8) is 0 Å². The van der Waals surface area contributed by atoms with Crippen LogP contribution in [0.2, 0.25) is 0 Å². The lowest BCUT2D eigenvalue weighted by Gasteiger charge is -2.19. The van der Waals surface area contributed by atoms with Crippen molar-refractivity contribution in [1.29, 1.82) is 0 Å². The normalized spacial score (nSPS) is 19.1. The maximum absolute atomic E-state index is 3.53. The summed E-state index contributed by atoms with van der Waals surface area (Å²) in [7, 11) is 0. The van der Waals surface area contributed by atoms with E-state index >= 15 is 0 Å². The summed E-state index contributed by atoms with van der Waals surface area (Å²) in [4.78, 5) is 2.88. The molecule has 0 saturated carbocycles. The molecular formula is C14H14BrNS. The summed E-state index contributed by atoms with van der Waals surface area (Å²) in [6.07, 6.45) is 1.15. The van der Waals surface area contributed by atoms with Crippen molar-refractivity contribution in [1.82, 2.24) is 5.32 Å². The maximum Gasteiger partial charge on any atom is 0.0349 e. The van der Waals surface area contributed by atoms with E-state index in [-0.39, 0.29) is 0 Å². The molecule has 1 atom stereocenters. The van der Waals surface area contributed by atoms with Crippen molar-refractivity contribution in [3.8, 4) is 10.4 Å². The molecule has 1 unspecified atom stereocenters. The Kier molecular flexibility index (Phi) is 3.07. The number of hydrogen-bond donors (Lipinski definition) is 1. The predicted octanol–water partition coefficient (Wildman–Crippen LogP) is 4.21. The molecule has 0 amide bonds. The fraction of sp³-hybridized carbons (Fsp3) is 0.286. The number of thiophene rings is 1. The molecule has 0 radical (unpaired) electrons. The Morgan fingerprint density at radius 1 is 1.35 bits per heavy atom. The Morgan fingerprint density at radius 3 is 3.06 bits per heavy atom. The van der Waals surface area contributed by atoms with E-state index in [0.29, 0.717) is 6.04 Å². The van der Waals surface area contributed by atoms with Gasteiger partial charge < -0.3 is 5.32 Å². The van der Waals surface area contributed by atoms with Gasteiger partial charge in [-0.3, -0.25) is 0 Å². The minimum Gasteiger partial charge on any atom is -0.309 e. The minimum absolute atomic E-state index is 0.604. The van der Waals surface area contributed by atoms with Crippen molar-refractivity contribution >= 4 is 27.3 Å². The largest absolute Gasteiger partial charge is 0.309 e. The highest BCUT2D eigenvalue weighted by Gasteiger charge is 2.17. The average Bonchev–Trinajstić information content (AvgIpc) is 2.72. The number of halogens is 1. The lowest BCUT2D eigenvalue weighted by atomic mass is 10.0. The van der Waals surface area contributed by atoms with Crippen LogP contribution in [0.3, 0.4) is 0 Å². The van der Waals surface area contributed by atoms with E-state index in [1.165, 1.54) is 20.9 Å². The highest BCUT2D eigenvalue weighted by Crippen LogP contribution is 2.34. The van der Waals surface area contributed by atoms with Crippen molar-refractivity contribution in [3.05, 3.63) is 45.2 Å². The zero-order valence-corrected chi connectivity index (χ0v) is 12.1. The Bertz CT molecular complexity index is 547. The molecule has 1 aliphatic rings. The lowest BCUT2D eigenvalue weighted by molar-refractivity contribution is 0.520. The number of hydrogen-bond acceptors (Lipinski definition) is 2. The fourth-order valence-corrected chi connectivity index (χ4v) is 3.78. The molecule has 88 valence electrons. The van der Waals surface area contributed by atoms with Crippen molar-refractivity contribution in [2.24, 2.45) is 0 Å². The predicted molar refractivity (Wildman–Crippen MR) is 77.5 cm³/mol. The third-order valence-corrected chi connectivity index (χ3v) is 4.86.